The average molecular weight is 231 g/mol. The van der Waals surface area contributed by atoms with E-state index in [1.807, 2.05) is 0 Å². The quantitative estimate of drug-likeness (QED) is 0.637. The number of nitro benzene ring substituents is 1. The summed E-state index contributed by atoms with van der Waals surface area (Å²) in [7, 11) is 0. The van der Waals surface area contributed by atoms with Crippen LogP contribution in [0, 0.1) is 10.1 Å². The maximum atomic E-state index is 10.7. The van der Waals surface area contributed by atoms with Crippen LogP contribution >= 0.6 is 0 Å². The van der Waals surface area contributed by atoms with Gasteiger partial charge in [0.1, 0.15) is 5.82 Å². The molecule has 88 valence electrons. The van der Waals surface area contributed by atoms with Crippen molar-refractivity contribution in [3.63, 3.8) is 0 Å². The van der Waals surface area contributed by atoms with Crippen LogP contribution in [0.5, 0.6) is 0 Å². The van der Waals surface area contributed by atoms with Crippen LogP contribution in [0.2, 0.25) is 0 Å². The first-order valence-corrected chi connectivity index (χ1v) is 5.88. The van der Waals surface area contributed by atoms with Crippen molar-refractivity contribution in [2.75, 3.05) is 0 Å². The molecule has 0 radical (unpaired) electrons. The maximum Gasteiger partial charge on any atom is 0.271 e. The van der Waals surface area contributed by atoms with Crippen LogP contribution in [0.3, 0.4) is 0 Å². The number of benzene rings is 1. The number of imidazole rings is 1. The lowest BCUT2D eigenvalue weighted by Gasteiger charge is -2.02. The zero-order valence-corrected chi connectivity index (χ0v) is 9.35. The largest absolute Gasteiger partial charge is 0.342 e. The van der Waals surface area contributed by atoms with E-state index in [1.165, 1.54) is 31.7 Å². The third-order valence-electron chi connectivity index (χ3n) is 3.44. The molecule has 0 aliphatic heterocycles. The number of aromatic amines is 1. The predicted molar refractivity (Wildman–Crippen MR) is 64.0 cm³/mol. The molecule has 0 amide bonds. The standard InChI is InChI=1S/C12H13N3O2/c16-15(17)9-5-6-10-11(7-9)14-12(13-10)8-3-1-2-4-8/h5-8H,1-4H2,(H,13,14). The summed E-state index contributed by atoms with van der Waals surface area (Å²) in [5.74, 6) is 1.49. The first-order valence-electron chi connectivity index (χ1n) is 5.88. The van der Waals surface area contributed by atoms with Gasteiger partial charge in [-0.25, -0.2) is 4.98 Å². The number of non-ortho nitro benzene ring substituents is 1. The van der Waals surface area contributed by atoms with E-state index in [9.17, 15) is 10.1 Å². The topological polar surface area (TPSA) is 71.8 Å². The van der Waals surface area contributed by atoms with Crippen molar-refractivity contribution in [1.82, 2.24) is 9.97 Å². The van der Waals surface area contributed by atoms with Crippen molar-refractivity contribution in [1.29, 1.82) is 0 Å². The molecule has 1 saturated carbocycles. The minimum atomic E-state index is -0.379. The summed E-state index contributed by atoms with van der Waals surface area (Å²) in [5, 5.41) is 10.7. The SMILES string of the molecule is O=[N+]([O-])c1ccc2nc(C3CCCC3)[nH]c2c1. The Morgan fingerprint density at radius 2 is 2.12 bits per heavy atom. The second-order valence-corrected chi connectivity index (χ2v) is 4.56. The molecule has 2 aromatic rings. The monoisotopic (exact) mass is 231 g/mol. The molecule has 1 aromatic carbocycles. The molecular weight excluding hydrogens is 218 g/mol. The molecule has 0 saturated heterocycles. The van der Waals surface area contributed by atoms with Crippen molar-refractivity contribution in [3.8, 4) is 0 Å². The number of H-pyrrole nitrogens is 1. The van der Waals surface area contributed by atoms with E-state index in [0.29, 0.717) is 5.92 Å². The summed E-state index contributed by atoms with van der Waals surface area (Å²) in [6, 6.07) is 4.77. The fourth-order valence-electron chi connectivity index (χ4n) is 2.52. The zero-order chi connectivity index (χ0) is 11.8. The Bertz CT molecular complexity index is 570. The van der Waals surface area contributed by atoms with E-state index < -0.39 is 0 Å². The molecule has 0 unspecified atom stereocenters. The summed E-state index contributed by atoms with van der Waals surface area (Å²) in [5.41, 5.74) is 1.69. The fourth-order valence-corrected chi connectivity index (χ4v) is 2.52. The van der Waals surface area contributed by atoms with Crippen molar-refractivity contribution >= 4 is 16.7 Å². The van der Waals surface area contributed by atoms with Crippen molar-refractivity contribution in [2.45, 2.75) is 31.6 Å². The molecule has 5 nitrogen and oxygen atoms in total. The van der Waals surface area contributed by atoms with Gasteiger partial charge in [0.15, 0.2) is 0 Å². The number of hydrogen-bond acceptors (Lipinski definition) is 3. The second kappa shape index (κ2) is 3.84. The number of hydrogen-bond donors (Lipinski definition) is 1. The van der Waals surface area contributed by atoms with Crippen molar-refractivity contribution in [3.05, 3.63) is 34.1 Å². The minimum absolute atomic E-state index is 0.110. The van der Waals surface area contributed by atoms with Gasteiger partial charge >= 0.3 is 0 Å². The van der Waals surface area contributed by atoms with Gasteiger partial charge in [-0.15, -0.1) is 0 Å². The number of aromatic nitrogens is 2. The molecule has 1 fully saturated rings. The second-order valence-electron chi connectivity index (χ2n) is 4.56. The van der Waals surface area contributed by atoms with E-state index >= 15 is 0 Å². The third kappa shape index (κ3) is 1.77. The highest BCUT2D eigenvalue weighted by Gasteiger charge is 2.20. The van der Waals surface area contributed by atoms with Crippen LogP contribution < -0.4 is 0 Å². The van der Waals surface area contributed by atoms with E-state index in [2.05, 4.69) is 9.97 Å². The van der Waals surface area contributed by atoms with Gasteiger partial charge in [0.25, 0.3) is 5.69 Å². The summed E-state index contributed by atoms with van der Waals surface area (Å²) < 4.78 is 0. The highest BCUT2D eigenvalue weighted by molar-refractivity contribution is 5.77. The molecule has 3 rings (SSSR count). The van der Waals surface area contributed by atoms with E-state index in [1.54, 1.807) is 12.1 Å². The van der Waals surface area contributed by atoms with Gasteiger partial charge in [-0.2, -0.15) is 0 Å². The number of nitro groups is 1. The predicted octanol–water partition coefficient (Wildman–Crippen LogP) is 3.13. The Hall–Kier alpha value is -1.91. The lowest BCUT2D eigenvalue weighted by atomic mass is 10.1. The number of fused-ring (bicyclic) bond motifs is 1. The van der Waals surface area contributed by atoms with Crippen LogP contribution in [0.1, 0.15) is 37.4 Å². The fraction of sp³-hybridized carbons (Fsp3) is 0.417. The minimum Gasteiger partial charge on any atom is -0.342 e. The highest BCUT2D eigenvalue weighted by atomic mass is 16.6. The van der Waals surface area contributed by atoms with Crippen LogP contribution in [0.4, 0.5) is 5.69 Å². The van der Waals surface area contributed by atoms with Gasteiger partial charge in [0.05, 0.1) is 16.0 Å². The van der Waals surface area contributed by atoms with Gasteiger partial charge in [-0.3, -0.25) is 10.1 Å². The summed E-state index contributed by atoms with van der Waals surface area (Å²) >= 11 is 0. The van der Waals surface area contributed by atoms with Gasteiger partial charge < -0.3 is 4.98 Å². The Morgan fingerprint density at radius 1 is 1.35 bits per heavy atom. The van der Waals surface area contributed by atoms with Gasteiger partial charge in [0, 0.05) is 18.1 Å². The number of rotatable bonds is 2. The third-order valence-corrected chi connectivity index (χ3v) is 3.44. The lowest BCUT2D eigenvalue weighted by Crippen LogP contribution is -1.93. The smallest absolute Gasteiger partial charge is 0.271 e. The van der Waals surface area contributed by atoms with Crippen molar-refractivity contribution < 1.29 is 4.92 Å². The Kier molecular flexibility index (Phi) is 2.31. The average Bonchev–Trinajstić information content (AvgIpc) is 2.96. The van der Waals surface area contributed by atoms with Crippen LogP contribution in [-0.2, 0) is 0 Å². The van der Waals surface area contributed by atoms with E-state index in [4.69, 9.17) is 0 Å². The van der Waals surface area contributed by atoms with Crippen molar-refractivity contribution in [2.24, 2.45) is 0 Å². The van der Waals surface area contributed by atoms with Gasteiger partial charge in [-0.05, 0) is 18.9 Å². The Morgan fingerprint density at radius 3 is 2.82 bits per heavy atom. The highest BCUT2D eigenvalue weighted by Crippen LogP contribution is 2.33. The maximum absolute atomic E-state index is 10.7. The van der Waals surface area contributed by atoms with E-state index in [-0.39, 0.29) is 10.6 Å². The molecule has 0 spiro atoms. The van der Waals surface area contributed by atoms with Crippen LogP contribution in [0.25, 0.3) is 11.0 Å². The molecular formula is C12H13N3O2. The summed E-state index contributed by atoms with van der Waals surface area (Å²) in [6.07, 6.45) is 4.84. The summed E-state index contributed by atoms with van der Waals surface area (Å²) in [6.45, 7) is 0. The summed E-state index contributed by atoms with van der Waals surface area (Å²) in [4.78, 5) is 18.0. The molecule has 0 atom stereocenters. The molecule has 1 aromatic heterocycles. The van der Waals surface area contributed by atoms with Gasteiger partial charge in [0.2, 0.25) is 0 Å². The molecule has 1 aliphatic rings. The first-order chi connectivity index (χ1) is 8.24. The number of nitrogens with one attached hydrogen (secondary N) is 1. The zero-order valence-electron chi connectivity index (χ0n) is 9.35. The Balaban J connectivity index is 2.03. The van der Waals surface area contributed by atoms with E-state index in [0.717, 1.165) is 16.9 Å². The molecule has 5 heteroatoms. The molecule has 0 bridgehead atoms. The Labute approximate surface area is 98.0 Å². The number of nitrogens with zero attached hydrogens (tertiary/aromatic N) is 2. The molecule has 1 N–H and O–H groups in total. The van der Waals surface area contributed by atoms with Crippen LogP contribution in [-0.4, -0.2) is 14.9 Å². The molecule has 1 heterocycles. The lowest BCUT2D eigenvalue weighted by molar-refractivity contribution is -0.384. The molecule has 1 aliphatic carbocycles. The first kappa shape index (κ1) is 10.3. The van der Waals surface area contributed by atoms with Crippen LogP contribution in [0.15, 0.2) is 18.2 Å². The molecule has 17 heavy (non-hydrogen) atoms. The van der Waals surface area contributed by atoms with Gasteiger partial charge in [-0.1, -0.05) is 12.8 Å². The normalized spacial score (nSPS) is 16.7.